The lowest BCUT2D eigenvalue weighted by molar-refractivity contribution is -0.138. The third-order valence-electron chi connectivity index (χ3n) is 3.79. The number of nitrogens with zero attached hydrogens (tertiary/aromatic N) is 1. The van der Waals surface area contributed by atoms with Gasteiger partial charge in [0.2, 0.25) is 0 Å². The molecular formula is C15H19F2NO2. The van der Waals surface area contributed by atoms with Gasteiger partial charge in [-0.15, -0.1) is 0 Å². The molecule has 1 fully saturated rings. The molecule has 1 atom stereocenters. The molecule has 0 saturated carbocycles. The Bertz CT molecular complexity index is 479. The van der Waals surface area contributed by atoms with Gasteiger partial charge in [0, 0.05) is 6.54 Å². The van der Waals surface area contributed by atoms with Crippen LogP contribution in [0.2, 0.25) is 0 Å². The number of likely N-dealkylation sites (tertiary alicyclic amines) is 1. The van der Waals surface area contributed by atoms with E-state index >= 15 is 0 Å². The molecule has 1 aliphatic rings. The number of rotatable bonds is 5. The predicted octanol–water partition coefficient (Wildman–Crippen LogP) is 2.69. The van der Waals surface area contributed by atoms with Gasteiger partial charge in [0.15, 0.2) is 11.6 Å². The number of aryl methyl sites for hydroxylation is 1. The smallest absolute Gasteiger partial charge is 0.317 e. The average Bonchev–Trinajstić information content (AvgIpc) is 2.40. The van der Waals surface area contributed by atoms with Gasteiger partial charge in [-0.05, 0) is 55.8 Å². The van der Waals surface area contributed by atoms with Crippen molar-refractivity contribution in [2.75, 3.05) is 19.6 Å². The summed E-state index contributed by atoms with van der Waals surface area (Å²) in [5.74, 6) is -2.00. The molecule has 1 aromatic rings. The molecule has 0 aromatic heterocycles. The Hall–Kier alpha value is -1.49. The fourth-order valence-corrected chi connectivity index (χ4v) is 2.79. The Morgan fingerprint density at radius 1 is 1.35 bits per heavy atom. The average molecular weight is 283 g/mol. The Balaban J connectivity index is 1.83. The van der Waals surface area contributed by atoms with Crippen LogP contribution in [0.1, 0.15) is 24.8 Å². The molecule has 3 nitrogen and oxygen atoms in total. The fourth-order valence-electron chi connectivity index (χ4n) is 2.79. The second-order valence-electron chi connectivity index (χ2n) is 5.42. The van der Waals surface area contributed by atoms with Gasteiger partial charge in [-0.25, -0.2) is 8.78 Å². The standard InChI is InChI=1S/C15H19F2NO2/c16-13-6-5-11(8-14(13)17)3-4-12-2-1-7-18(9-12)10-15(19)20/h5-6,8,12H,1-4,7,9-10H2,(H,19,20)/t12-/m0/s1. The summed E-state index contributed by atoms with van der Waals surface area (Å²) in [6.07, 6.45) is 3.64. The molecular weight excluding hydrogens is 264 g/mol. The highest BCUT2D eigenvalue weighted by Crippen LogP contribution is 2.22. The molecule has 0 bridgehead atoms. The lowest BCUT2D eigenvalue weighted by Gasteiger charge is -2.31. The van der Waals surface area contributed by atoms with Gasteiger partial charge in [-0.3, -0.25) is 9.69 Å². The van der Waals surface area contributed by atoms with Gasteiger partial charge in [0.1, 0.15) is 0 Å². The van der Waals surface area contributed by atoms with Crippen LogP contribution in [-0.4, -0.2) is 35.6 Å². The molecule has 0 aliphatic carbocycles. The van der Waals surface area contributed by atoms with Gasteiger partial charge in [0.25, 0.3) is 0 Å². The zero-order chi connectivity index (χ0) is 14.5. The van der Waals surface area contributed by atoms with Gasteiger partial charge in [-0.1, -0.05) is 6.07 Å². The molecule has 1 aliphatic heterocycles. The molecule has 1 aromatic carbocycles. The second-order valence-corrected chi connectivity index (χ2v) is 5.42. The number of aliphatic carboxylic acids is 1. The van der Waals surface area contributed by atoms with E-state index in [1.54, 1.807) is 6.07 Å². The number of hydrogen-bond donors (Lipinski definition) is 1. The Morgan fingerprint density at radius 2 is 2.15 bits per heavy atom. The molecule has 0 radical (unpaired) electrons. The van der Waals surface area contributed by atoms with Crippen LogP contribution in [0.5, 0.6) is 0 Å². The van der Waals surface area contributed by atoms with Crippen LogP contribution < -0.4 is 0 Å². The lowest BCUT2D eigenvalue weighted by atomic mass is 9.91. The summed E-state index contributed by atoms with van der Waals surface area (Å²) in [5, 5.41) is 8.80. The molecule has 0 amide bonds. The van der Waals surface area contributed by atoms with Crippen molar-refractivity contribution < 1.29 is 18.7 Å². The largest absolute Gasteiger partial charge is 0.480 e. The monoisotopic (exact) mass is 283 g/mol. The van der Waals surface area contributed by atoms with Gasteiger partial charge in [0.05, 0.1) is 6.54 Å². The van der Waals surface area contributed by atoms with Crippen LogP contribution in [0.3, 0.4) is 0 Å². The van der Waals surface area contributed by atoms with Crippen molar-refractivity contribution in [3.63, 3.8) is 0 Å². The SMILES string of the molecule is O=C(O)CN1CCC[C@@H](CCc2ccc(F)c(F)c2)C1. The van der Waals surface area contributed by atoms with E-state index in [9.17, 15) is 13.6 Å². The normalized spacial score (nSPS) is 20.0. The summed E-state index contributed by atoms with van der Waals surface area (Å²) < 4.78 is 25.9. The number of carboxylic acids is 1. The van der Waals surface area contributed by atoms with Crippen molar-refractivity contribution in [1.29, 1.82) is 0 Å². The Kier molecular flexibility index (Phi) is 5.06. The quantitative estimate of drug-likeness (QED) is 0.903. The van der Waals surface area contributed by atoms with E-state index < -0.39 is 17.6 Å². The van der Waals surface area contributed by atoms with E-state index in [1.807, 2.05) is 4.90 Å². The summed E-state index contributed by atoms with van der Waals surface area (Å²) in [7, 11) is 0. The van der Waals surface area contributed by atoms with Crippen molar-refractivity contribution in [2.24, 2.45) is 5.92 Å². The van der Waals surface area contributed by atoms with E-state index in [0.717, 1.165) is 44.0 Å². The van der Waals surface area contributed by atoms with Crippen molar-refractivity contribution in [1.82, 2.24) is 4.90 Å². The van der Waals surface area contributed by atoms with Crippen LogP contribution >= 0.6 is 0 Å². The van der Waals surface area contributed by atoms with Crippen molar-refractivity contribution in [2.45, 2.75) is 25.7 Å². The van der Waals surface area contributed by atoms with E-state index in [2.05, 4.69) is 0 Å². The minimum absolute atomic E-state index is 0.0850. The van der Waals surface area contributed by atoms with E-state index in [4.69, 9.17) is 5.11 Å². The summed E-state index contributed by atoms with van der Waals surface area (Å²) >= 11 is 0. The second kappa shape index (κ2) is 6.79. The summed E-state index contributed by atoms with van der Waals surface area (Å²) in [6.45, 7) is 1.69. The molecule has 5 heteroatoms. The lowest BCUT2D eigenvalue weighted by Crippen LogP contribution is -2.38. The maximum absolute atomic E-state index is 13.1. The fraction of sp³-hybridized carbons (Fsp3) is 0.533. The first-order valence-corrected chi connectivity index (χ1v) is 6.92. The highest BCUT2D eigenvalue weighted by molar-refractivity contribution is 5.69. The molecule has 0 spiro atoms. The van der Waals surface area contributed by atoms with Crippen molar-refractivity contribution in [3.05, 3.63) is 35.4 Å². The van der Waals surface area contributed by atoms with Crippen LogP contribution in [0.15, 0.2) is 18.2 Å². The Morgan fingerprint density at radius 3 is 2.85 bits per heavy atom. The number of benzene rings is 1. The van der Waals surface area contributed by atoms with Crippen LogP contribution in [-0.2, 0) is 11.2 Å². The number of carboxylic acid groups (broad SMARTS) is 1. The number of carbonyl (C=O) groups is 1. The third kappa shape index (κ3) is 4.27. The highest BCUT2D eigenvalue weighted by Gasteiger charge is 2.21. The summed E-state index contributed by atoms with van der Waals surface area (Å²) in [6, 6.07) is 4.01. The third-order valence-corrected chi connectivity index (χ3v) is 3.79. The molecule has 1 saturated heterocycles. The predicted molar refractivity (Wildman–Crippen MR) is 71.5 cm³/mol. The number of piperidine rings is 1. The number of hydrogen-bond acceptors (Lipinski definition) is 2. The zero-order valence-corrected chi connectivity index (χ0v) is 11.3. The molecule has 2 rings (SSSR count). The Labute approximate surface area is 117 Å². The highest BCUT2D eigenvalue weighted by atomic mass is 19.2. The molecule has 20 heavy (non-hydrogen) atoms. The van der Waals surface area contributed by atoms with E-state index in [1.165, 1.54) is 6.07 Å². The minimum Gasteiger partial charge on any atom is -0.480 e. The van der Waals surface area contributed by atoms with Gasteiger partial charge < -0.3 is 5.11 Å². The molecule has 0 unspecified atom stereocenters. The molecule has 1 heterocycles. The minimum atomic E-state index is -0.820. The van der Waals surface area contributed by atoms with E-state index in [0.29, 0.717) is 12.3 Å². The molecule has 1 N–H and O–H groups in total. The first-order chi connectivity index (χ1) is 9.54. The van der Waals surface area contributed by atoms with Crippen molar-refractivity contribution in [3.8, 4) is 0 Å². The number of halogens is 2. The van der Waals surface area contributed by atoms with Crippen molar-refractivity contribution >= 4 is 5.97 Å². The van der Waals surface area contributed by atoms with Gasteiger partial charge in [-0.2, -0.15) is 0 Å². The first-order valence-electron chi connectivity index (χ1n) is 6.92. The first kappa shape index (κ1) is 14.9. The topological polar surface area (TPSA) is 40.5 Å². The van der Waals surface area contributed by atoms with Gasteiger partial charge >= 0.3 is 5.97 Å². The maximum Gasteiger partial charge on any atom is 0.317 e. The van der Waals surface area contributed by atoms with Crippen LogP contribution in [0.4, 0.5) is 8.78 Å². The van der Waals surface area contributed by atoms with Crippen LogP contribution in [0, 0.1) is 17.6 Å². The summed E-state index contributed by atoms with van der Waals surface area (Å²) in [4.78, 5) is 12.7. The summed E-state index contributed by atoms with van der Waals surface area (Å²) in [5.41, 5.74) is 0.791. The maximum atomic E-state index is 13.1. The van der Waals surface area contributed by atoms with E-state index in [-0.39, 0.29) is 6.54 Å². The zero-order valence-electron chi connectivity index (χ0n) is 11.3. The van der Waals surface area contributed by atoms with Crippen LogP contribution in [0.25, 0.3) is 0 Å². The molecule has 110 valence electrons.